The van der Waals surface area contributed by atoms with Crippen LogP contribution in [-0.2, 0) is 16.0 Å². The Morgan fingerprint density at radius 3 is 2.76 bits per heavy atom. The van der Waals surface area contributed by atoms with Crippen molar-refractivity contribution in [1.29, 1.82) is 5.26 Å². The first kappa shape index (κ1) is 14.2. The Bertz CT molecular complexity index is 584. The summed E-state index contributed by atoms with van der Waals surface area (Å²) in [6, 6.07) is 6.46. The van der Waals surface area contributed by atoms with Gasteiger partial charge in [-0.3, -0.25) is 4.79 Å². The van der Waals surface area contributed by atoms with E-state index in [1.165, 1.54) is 18.2 Å². The van der Waals surface area contributed by atoms with E-state index in [0.29, 0.717) is 24.3 Å². The molecule has 110 valence electrons. The molecule has 3 rings (SSSR count). The SMILES string of the molecule is N#Cc1ccc(F)cc1CC(=O)C1CC2COCC(C1)N2. The molecule has 0 saturated carbocycles. The van der Waals surface area contributed by atoms with Gasteiger partial charge in [0, 0.05) is 24.4 Å². The number of Topliss-reactive ketones (excluding diaryl/α,β-unsaturated/α-hetero) is 1. The summed E-state index contributed by atoms with van der Waals surface area (Å²) >= 11 is 0. The van der Waals surface area contributed by atoms with Crippen LogP contribution in [0.15, 0.2) is 18.2 Å². The second kappa shape index (κ2) is 5.92. The van der Waals surface area contributed by atoms with E-state index in [4.69, 9.17) is 10.00 Å². The molecule has 0 spiro atoms. The number of rotatable bonds is 3. The van der Waals surface area contributed by atoms with Gasteiger partial charge in [0.1, 0.15) is 11.6 Å². The van der Waals surface area contributed by atoms with Crippen LogP contribution in [0.1, 0.15) is 24.0 Å². The van der Waals surface area contributed by atoms with Crippen LogP contribution in [0.2, 0.25) is 0 Å². The number of hydrogen-bond donors (Lipinski definition) is 1. The highest BCUT2D eigenvalue weighted by Crippen LogP contribution is 2.26. The fourth-order valence-electron chi connectivity index (χ4n) is 3.25. The number of carbonyl (C=O) groups is 1. The van der Waals surface area contributed by atoms with Gasteiger partial charge in [-0.1, -0.05) is 0 Å². The number of fused-ring (bicyclic) bond motifs is 2. The predicted molar refractivity (Wildman–Crippen MR) is 74.1 cm³/mol. The molecule has 0 aromatic heterocycles. The third-order valence-electron chi connectivity index (χ3n) is 4.26. The number of morpholine rings is 1. The molecule has 1 aromatic carbocycles. The average molecular weight is 288 g/mol. The summed E-state index contributed by atoms with van der Waals surface area (Å²) in [7, 11) is 0. The van der Waals surface area contributed by atoms with Gasteiger partial charge in [0.2, 0.25) is 0 Å². The zero-order valence-electron chi connectivity index (χ0n) is 11.6. The molecular formula is C16H17FN2O2. The second-order valence-corrected chi connectivity index (χ2v) is 5.82. The van der Waals surface area contributed by atoms with Crippen LogP contribution in [-0.4, -0.2) is 31.1 Å². The molecular weight excluding hydrogens is 271 g/mol. The Morgan fingerprint density at radius 1 is 1.38 bits per heavy atom. The standard InChI is InChI=1S/C16H17FN2O2/c17-13-2-1-10(7-18)11(3-13)6-16(20)12-4-14-8-21-9-15(5-12)19-14/h1-3,12,14-15,19H,4-6,8-9H2. The van der Waals surface area contributed by atoms with Crippen LogP contribution in [0.5, 0.6) is 0 Å². The summed E-state index contributed by atoms with van der Waals surface area (Å²) in [6.07, 6.45) is 1.64. The highest BCUT2D eigenvalue weighted by molar-refractivity contribution is 5.84. The number of ether oxygens (including phenoxy) is 1. The van der Waals surface area contributed by atoms with Gasteiger partial charge in [-0.2, -0.15) is 5.26 Å². The van der Waals surface area contributed by atoms with Crippen LogP contribution in [0, 0.1) is 23.1 Å². The van der Waals surface area contributed by atoms with Crippen molar-refractivity contribution in [2.45, 2.75) is 31.3 Å². The monoisotopic (exact) mass is 288 g/mol. The van der Waals surface area contributed by atoms with Crippen LogP contribution < -0.4 is 5.32 Å². The first-order valence-electron chi connectivity index (χ1n) is 7.20. The smallest absolute Gasteiger partial charge is 0.140 e. The summed E-state index contributed by atoms with van der Waals surface area (Å²) in [4.78, 5) is 12.5. The molecule has 2 unspecified atom stereocenters. The van der Waals surface area contributed by atoms with Gasteiger partial charge in [-0.25, -0.2) is 4.39 Å². The van der Waals surface area contributed by atoms with Gasteiger partial charge in [0.05, 0.1) is 24.8 Å². The number of nitriles is 1. The number of carbonyl (C=O) groups excluding carboxylic acids is 1. The maximum Gasteiger partial charge on any atom is 0.140 e. The predicted octanol–water partition coefficient (Wildman–Crippen LogP) is 1.58. The van der Waals surface area contributed by atoms with Gasteiger partial charge in [0.25, 0.3) is 0 Å². The van der Waals surface area contributed by atoms with Gasteiger partial charge in [-0.15, -0.1) is 0 Å². The highest BCUT2D eigenvalue weighted by atomic mass is 19.1. The fraction of sp³-hybridized carbons (Fsp3) is 0.500. The lowest BCUT2D eigenvalue weighted by atomic mass is 9.82. The third-order valence-corrected chi connectivity index (χ3v) is 4.26. The first-order valence-corrected chi connectivity index (χ1v) is 7.20. The largest absolute Gasteiger partial charge is 0.378 e. The Hall–Kier alpha value is -1.77. The maximum absolute atomic E-state index is 13.3. The normalized spacial score (nSPS) is 27.9. The molecule has 5 heteroatoms. The number of ketones is 1. The fourth-order valence-corrected chi connectivity index (χ4v) is 3.25. The molecule has 1 N–H and O–H groups in total. The molecule has 0 radical (unpaired) electrons. The number of piperidine rings is 1. The molecule has 2 aliphatic rings. The van der Waals surface area contributed by atoms with E-state index < -0.39 is 5.82 Å². The molecule has 2 heterocycles. The lowest BCUT2D eigenvalue weighted by molar-refractivity contribution is -0.125. The summed E-state index contributed by atoms with van der Waals surface area (Å²) in [5.74, 6) is -0.345. The third kappa shape index (κ3) is 3.12. The van der Waals surface area contributed by atoms with Crippen molar-refractivity contribution in [3.05, 3.63) is 35.1 Å². The molecule has 2 aliphatic heterocycles. The van der Waals surface area contributed by atoms with E-state index in [9.17, 15) is 9.18 Å². The van der Waals surface area contributed by atoms with Gasteiger partial charge >= 0.3 is 0 Å². The minimum atomic E-state index is -0.410. The summed E-state index contributed by atoms with van der Waals surface area (Å²) in [5.41, 5.74) is 0.865. The molecule has 0 aliphatic carbocycles. The van der Waals surface area contributed by atoms with Gasteiger partial charge < -0.3 is 10.1 Å². The molecule has 0 amide bonds. The minimum Gasteiger partial charge on any atom is -0.378 e. The highest BCUT2D eigenvalue weighted by Gasteiger charge is 2.35. The quantitative estimate of drug-likeness (QED) is 0.917. The van der Waals surface area contributed by atoms with Crippen LogP contribution in [0.25, 0.3) is 0 Å². The number of halogens is 1. The van der Waals surface area contributed by atoms with Crippen molar-refractivity contribution in [2.75, 3.05) is 13.2 Å². The number of hydrogen-bond acceptors (Lipinski definition) is 4. The lowest BCUT2D eigenvalue weighted by Gasteiger charge is -2.39. The molecule has 2 saturated heterocycles. The van der Waals surface area contributed by atoms with Crippen LogP contribution in [0.4, 0.5) is 4.39 Å². The second-order valence-electron chi connectivity index (χ2n) is 5.82. The Kier molecular flexibility index (Phi) is 4.00. The number of nitrogens with zero attached hydrogens (tertiary/aromatic N) is 1. The summed E-state index contributed by atoms with van der Waals surface area (Å²) in [5, 5.41) is 12.5. The minimum absolute atomic E-state index is 0.0278. The van der Waals surface area contributed by atoms with Gasteiger partial charge in [0.15, 0.2) is 0 Å². The molecule has 1 aromatic rings. The number of benzene rings is 1. The Labute approximate surface area is 122 Å². The van der Waals surface area contributed by atoms with Crippen LogP contribution >= 0.6 is 0 Å². The zero-order chi connectivity index (χ0) is 14.8. The number of nitrogens with one attached hydrogen (secondary N) is 1. The lowest BCUT2D eigenvalue weighted by Crippen LogP contribution is -2.55. The van der Waals surface area contributed by atoms with E-state index in [-0.39, 0.29) is 30.2 Å². The molecule has 2 bridgehead atoms. The van der Waals surface area contributed by atoms with E-state index in [1.54, 1.807) is 0 Å². The molecule has 2 fully saturated rings. The van der Waals surface area contributed by atoms with Crippen molar-refractivity contribution in [3.8, 4) is 6.07 Å². The molecule has 4 nitrogen and oxygen atoms in total. The van der Waals surface area contributed by atoms with E-state index in [1.807, 2.05) is 6.07 Å². The molecule has 2 atom stereocenters. The molecule has 21 heavy (non-hydrogen) atoms. The van der Waals surface area contributed by atoms with Crippen molar-refractivity contribution < 1.29 is 13.9 Å². The van der Waals surface area contributed by atoms with E-state index in [0.717, 1.165) is 12.8 Å². The zero-order valence-corrected chi connectivity index (χ0v) is 11.6. The maximum atomic E-state index is 13.3. The summed E-state index contributed by atoms with van der Waals surface area (Å²) in [6.45, 7) is 1.29. The Morgan fingerprint density at radius 2 is 2.10 bits per heavy atom. The van der Waals surface area contributed by atoms with E-state index in [2.05, 4.69) is 5.32 Å². The van der Waals surface area contributed by atoms with Crippen molar-refractivity contribution in [3.63, 3.8) is 0 Å². The first-order chi connectivity index (χ1) is 10.2. The van der Waals surface area contributed by atoms with Crippen molar-refractivity contribution in [2.24, 2.45) is 5.92 Å². The van der Waals surface area contributed by atoms with Crippen molar-refractivity contribution in [1.82, 2.24) is 5.32 Å². The Balaban J connectivity index is 1.72. The van der Waals surface area contributed by atoms with Crippen LogP contribution in [0.3, 0.4) is 0 Å². The van der Waals surface area contributed by atoms with E-state index >= 15 is 0 Å². The van der Waals surface area contributed by atoms with Gasteiger partial charge in [-0.05, 0) is 36.6 Å². The summed E-state index contributed by atoms with van der Waals surface area (Å²) < 4.78 is 18.8. The topological polar surface area (TPSA) is 62.1 Å². The average Bonchev–Trinajstić information content (AvgIpc) is 2.47. The van der Waals surface area contributed by atoms with Crippen molar-refractivity contribution >= 4 is 5.78 Å².